The second-order valence-electron chi connectivity index (χ2n) is 12.5. The van der Waals surface area contributed by atoms with E-state index in [1.807, 2.05) is 86.3 Å². The predicted octanol–water partition coefficient (Wildman–Crippen LogP) is 6.13. The highest BCUT2D eigenvalue weighted by Crippen LogP contribution is 2.44. The van der Waals surface area contributed by atoms with Crippen LogP contribution in [0.2, 0.25) is 5.02 Å². The van der Waals surface area contributed by atoms with E-state index < -0.39 is 11.6 Å². The van der Waals surface area contributed by atoms with Gasteiger partial charge in [-0.15, -0.1) is 0 Å². The second kappa shape index (κ2) is 12.1. The third-order valence-electron chi connectivity index (χ3n) is 9.25. The SMILES string of the molecule is COc1cc2c(cc1OC(C)C)[C@H](c1ccc(Cl)cc1)N(c1ccc(C(C)(O)[C@H]3CCCN(C4COC4)C3)cc1)C(=O)C2. The fraction of sp³-hybridized carbons (Fsp3) is 0.457. The number of carbonyl (C=O) groups excluding carboxylic acids is 1. The standard InChI is InChI=1S/C35H41ClN2O5/c1-22(2)43-32-18-30-24(16-31(32)41-4)17-33(39)38(34(30)23-7-11-27(36)12-8-23)28-13-9-25(10-14-28)35(3,40)26-6-5-15-37(19-26)29-20-42-21-29/h7-14,16,18,22,26,29,34,40H,5-6,15,17,19-21H2,1-4H3/t26-,34-,35?/m0/s1. The lowest BCUT2D eigenvalue weighted by molar-refractivity contribution is -0.118. The molecular weight excluding hydrogens is 564 g/mol. The summed E-state index contributed by atoms with van der Waals surface area (Å²) in [6.45, 7) is 9.36. The molecule has 0 spiro atoms. The van der Waals surface area contributed by atoms with E-state index in [0.29, 0.717) is 22.6 Å². The van der Waals surface area contributed by atoms with E-state index in [9.17, 15) is 9.90 Å². The van der Waals surface area contributed by atoms with Crippen LogP contribution < -0.4 is 14.4 Å². The van der Waals surface area contributed by atoms with Gasteiger partial charge in [0, 0.05) is 23.2 Å². The van der Waals surface area contributed by atoms with Gasteiger partial charge >= 0.3 is 0 Å². The van der Waals surface area contributed by atoms with Crippen LogP contribution in [0.1, 0.15) is 61.9 Å². The first kappa shape index (κ1) is 29.9. The maximum Gasteiger partial charge on any atom is 0.232 e. The minimum atomic E-state index is -0.991. The van der Waals surface area contributed by atoms with Crippen LogP contribution in [0.15, 0.2) is 60.7 Å². The summed E-state index contributed by atoms with van der Waals surface area (Å²) in [7, 11) is 1.62. The topological polar surface area (TPSA) is 71.5 Å². The van der Waals surface area contributed by atoms with E-state index in [1.54, 1.807) is 7.11 Å². The quantitative estimate of drug-likeness (QED) is 0.333. The highest BCUT2D eigenvalue weighted by atomic mass is 35.5. The van der Waals surface area contributed by atoms with E-state index in [4.69, 9.17) is 25.8 Å². The van der Waals surface area contributed by atoms with E-state index in [1.165, 1.54) is 0 Å². The molecule has 2 fully saturated rings. The fourth-order valence-corrected chi connectivity index (χ4v) is 6.88. The zero-order valence-corrected chi connectivity index (χ0v) is 26.1. The van der Waals surface area contributed by atoms with Gasteiger partial charge in [-0.3, -0.25) is 9.69 Å². The highest BCUT2D eigenvalue weighted by Gasteiger charge is 2.40. The third kappa shape index (κ3) is 5.88. The molecule has 0 aliphatic carbocycles. The maximum atomic E-state index is 13.9. The summed E-state index contributed by atoms with van der Waals surface area (Å²) in [6, 6.07) is 19.5. The Morgan fingerprint density at radius 3 is 2.40 bits per heavy atom. The van der Waals surface area contributed by atoms with Crippen molar-refractivity contribution in [1.82, 2.24) is 4.90 Å². The minimum Gasteiger partial charge on any atom is -0.493 e. The van der Waals surface area contributed by atoms with E-state index in [0.717, 1.165) is 67.1 Å². The Balaban J connectivity index is 1.35. The van der Waals surface area contributed by atoms with Crippen LogP contribution >= 0.6 is 11.6 Å². The Hall–Kier alpha value is -3.10. The predicted molar refractivity (Wildman–Crippen MR) is 168 cm³/mol. The van der Waals surface area contributed by atoms with Gasteiger partial charge < -0.3 is 24.2 Å². The van der Waals surface area contributed by atoms with Gasteiger partial charge in [0.1, 0.15) is 0 Å². The molecule has 3 aliphatic heterocycles. The molecule has 3 heterocycles. The molecule has 1 N–H and O–H groups in total. The molecule has 2 saturated heterocycles. The van der Waals surface area contributed by atoms with Crippen molar-refractivity contribution in [3.8, 4) is 11.5 Å². The Bertz CT molecular complexity index is 1450. The number of hydrogen-bond acceptors (Lipinski definition) is 6. The number of anilines is 1. The van der Waals surface area contributed by atoms with Crippen molar-refractivity contribution in [1.29, 1.82) is 0 Å². The second-order valence-corrected chi connectivity index (χ2v) is 12.9. The molecule has 3 aromatic rings. The van der Waals surface area contributed by atoms with Gasteiger partial charge in [-0.1, -0.05) is 35.9 Å². The molecule has 228 valence electrons. The van der Waals surface area contributed by atoms with Gasteiger partial charge in [0.2, 0.25) is 5.91 Å². The Kier molecular flexibility index (Phi) is 8.44. The molecule has 6 rings (SSSR count). The van der Waals surface area contributed by atoms with Crippen LogP contribution in [-0.2, 0) is 21.6 Å². The number of nitrogens with zero attached hydrogens (tertiary/aromatic N) is 2. The molecule has 0 radical (unpaired) electrons. The molecule has 1 unspecified atom stereocenters. The van der Waals surface area contributed by atoms with Crippen molar-refractivity contribution in [2.24, 2.45) is 5.92 Å². The number of ether oxygens (including phenoxy) is 3. The first-order valence-corrected chi connectivity index (χ1v) is 15.6. The fourth-order valence-electron chi connectivity index (χ4n) is 6.76. The zero-order valence-electron chi connectivity index (χ0n) is 25.4. The van der Waals surface area contributed by atoms with E-state index in [2.05, 4.69) is 4.90 Å². The van der Waals surface area contributed by atoms with Crippen LogP contribution in [-0.4, -0.2) is 61.5 Å². The molecule has 43 heavy (non-hydrogen) atoms. The summed E-state index contributed by atoms with van der Waals surface area (Å²) in [5.74, 6) is 1.36. The van der Waals surface area contributed by atoms with Gasteiger partial charge in [-0.2, -0.15) is 0 Å². The summed E-state index contributed by atoms with van der Waals surface area (Å²) >= 11 is 6.27. The van der Waals surface area contributed by atoms with Crippen molar-refractivity contribution in [2.45, 2.75) is 63.8 Å². The van der Waals surface area contributed by atoms with E-state index >= 15 is 0 Å². The number of carbonyl (C=O) groups is 1. The van der Waals surface area contributed by atoms with Crippen LogP contribution in [0.5, 0.6) is 11.5 Å². The van der Waals surface area contributed by atoms with Crippen LogP contribution in [0.4, 0.5) is 5.69 Å². The highest BCUT2D eigenvalue weighted by molar-refractivity contribution is 6.30. The molecule has 8 heteroatoms. The van der Waals surface area contributed by atoms with Gasteiger partial charge in [0.15, 0.2) is 11.5 Å². The number of aliphatic hydroxyl groups is 1. The molecule has 3 aliphatic rings. The largest absolute Gasteiger partial charge is 0.493 e. The van der Waals surface area contributed by atoms with Crippen molar-refractivity contribution in [3.05, 3.63) is 87.9 Å². The molecule has 1 amide bonds. The third-order valence-corrected chi connectivity index (χ3v) is 9.50. The van der Waals surface area contributed by atoms with Crippen molar-refractivity contribution in [3.63, 3.8) is 0 Å². The number of methoxy groups -OCH3 is 1. The van der Waals surface area contributed by atoms with E-state index in [-0.39, 0.29) is 24.3 Å². The molecule has 0 bridgehead atoms. The van der Waals surface area contributed by atoms with Gasteiger partial charge in [0.25, 0.3) is 0 Å². The number of amides is 1. The number of likely N-dealkylation sites (tertiary alicyclic amines) is 1. The Labute approximate surface area is 259 Å². The van der Waals surface area contributed by atoms with Gasteiger partial charge in [-0.25, -0.2) is 0 Å². The average Bonchev–Trinajstić information content (AvgIpc) is 2.96. The van der Waals surface area contributed by atoms with Gasteiger partial charge in [-0.05, 0) is 98.8 Å². The number of rotatable bonds is 8. The molecule has 7 nitrogen and oxygen atoms in total. The number of hydrogen-bond donors (Lipinski definition) is 1. The van der Waals surface area contributed by atoms with Crippen LogP contribution in [0.25, 0.3) is 0 Å². The normalized spacial score (nSPS) is 22.6. The maximum absolute atomic E-state index is 13.9. The van der Waals surface area contributed by atoms with Crippen molar-refractivity contribution < 1.29 is 24.1 Å². The summed E-state index contributed by atoms with van der Waals surface area (Å²) in [4.78, 5) is 18.2. The molecule has 0 aromatic heterocycles. The number of piperidine rings is 1. The Morgan fingerprint density at radius 2 is 1.77 bits per heavy atom. The van der Waals surface area contributed by atoms with Crippen molar-refractivity contribution in [2.75, 3.05) is 38.3 Å². The number of benzene rings is 3. The summed E-state index contributed by atoms with van der Waals surface area (Å²) < 4.78 is 17.2. The average molecular weight is 605 g/mol. The molecule has 0 saturated carbocycles. The monoisotopic (exact) mass is 604 g/mol. The lowest BCUT2D eigenvalue weighted by atomic mass is 9.78. The van der Waals surface area contributed by atoms with Crippen LogP contribution in [0, 0.1) is 5.92 Å². The van der Waals surface area contributed by atoms with Crippen molar-refractivity contribution >= 4 is 23.2 Å². The number of halogens is 1. The zero-order chi connectivity index (χ0) is 30.3. The smallest absolute Gasteiger partial charge is 0.232 e. The minimum absolute atomic E-state index is 0.0165. The summed E-state index contributed by atoms with van der Waals surface area (Å²) in [6.07, 6.45) is 2.23. The van der Waals surface area contributed by atoms with Crippen LogP contribution in [0.3, 0.4) is 0 Å². The first-order chi connectivity index (χ1) is 20.7. The molecule has 3 atom stereocenters. The lowest BCUT2D eigenvalue weighted by Crippen LogP contribution is -2.55. The Morgan fingerprint density at radius 1 is 1.05 bits per heavy atom. The molecule has 3 aromatic carbocycles. The number of fused-ring (bicyclic) bond motifs is 1. The van der Waals surface area contributed by atoms with Gasteiger partial charge in [0.05, 0.1) is 50.5 Å². The molecular formula is C35H41ClN2O5. The first-order valence-electron chi connectivity index (χ1n) is 15.3. The summed E-state index contributed by atoms with van der Waals surface area (Å²) in [5.41, 5.74) is 3.48. The summed E-state index contributed by atoms with van der Waals surface area (Å²) in [5, 5.41) is 12.4. The lowest BCUT2D eigenvalue weighted by Gasteiger charge is -2.46.